The van der Waals surface area contributed by atoms with Crippen molar-refractivity contribution in [1.29, 1.82) is 0 Å². The van der Waals surface area contributed by atoms with E-state index in [2.05, 4.69) is 12.2 Å². The summed E-state index contributed by atoms with van der Waals surface area (Å²) in [7, 11) is 0. The fraction of sp³-hybridized carbons (Fsp3) is 0.385. The van der Waals surface area contributed by atoms with Gasteiger partial charge in [-0.15, -0.1) is 0 Å². The lowest BCUT2D eigenvalue weighted by Crippen LogP contribution is -2.30. The summed E-state index contributed by atoms with van der Waals surface area (Å²) in [4.78, 5) is 0. The molecule has 2 bridgehead atoms. The van der Waals surface area contributed by atoms with Crippen molar-refractivity contribution in [2.75, 3.05) is 0 Å². The van der Waals surface area contributed by atoms with Crippen molar-refractivity contribution < 1.29 is 5.11 Å². The number of hydrogen-bond donors (Lipinski definition) is 1. The van der Waals surface area contributed by atoms with Crippen LogP contribution in [0.15, 0.2) is 42.5 Å². The van der Waals surface area contributed by atoms with E-state index in [9.17, 15) is 5.11 Å². The van der Waals surface area contributed by atoms with Gasteiger partial charge in [-0.25, -0.2) is 0 Å². The summed E-state index contributed by atoms with van der Waals surface area (Å²) in [5.41, 5.74) is 0.498. The molecule has 0 aliphatic heterocycles. The van der Waals surface area contributed by atoms with Gasteiger partial charge >= 0.3 is 0 Å². The summed E-state index contributed by atoms with van der Waals surface area (Å²) in [6, 6.07) is 10.1. The minimum absolute atomic E-state index is 0.342. The molecule has 0 spiro atoms. The molecule has 1 aromatic carbocycles. The summed E-state index contributed by atoms with van der Waals surface area (Å²) < 4.78 is 0. The lowest BCUT2D eigenvalue weighted by atomic mass is 9.82. The van der Waals surface area contributed by atoms with Gasteiger partial charge in [0.25, 0.3) is 0 Å². The molecule has 14 heavy (non-hydrogen) atoms. The van der Waals surface area contributed by atoms with Gasteiger partial charge < -0.3 is 5.11 Å². The summed E-state index contributed by atoms with van der Waals surface area (Å²) in [5.74, 6) is 0.945. The van der Waals surface area contributed by atoms with E-state index in [-0.39, 0.29) is 0 Å². The molecule has 1 saturated carbocycles. The molecule has 0 heterocycles. The molecule has 2 aliphatic rings. The molecule has 1 nitrogen and oxygen atoms in total. The molecule has 2 aliphatic carbocycles. The van der Waals surface area contributed by atoms with Gasteiger partial charge in [-0.1, -0.05) is 42.5 Å². The monoisotopic (exact) mass is 186 g/mol. The second-order valence-corrected chi connectivity index (χ2v) is 4.48. The first-order valence-electron chi connectivity index (χ1n) is 5.25. The zero-order valence-corrected chi connectivity index (χ0v) is 8.06. The third kappa shape index (κ3) is 0.992. The largest absolute Gasteiger partial charge is 0.385 e. The molecular formula is C13H14O. The van der Waals surface area contributed by atoms with Crippen molar-refractivity contribution in [1.82, 2.24) is 0 Å². The van der Waals surface area contributed by atoms with E-state index in [1.165, 1.54) is 0 Å². The van der Waals surface area contributed by atoms with Crippen LogP contribution in [-0.4, -0.2) is 5.11 Å². The zero-order valence-electron chi connectivity index (χ0n) is 8.06. The fourth-order valence-corrected chi connectivity index (χ4v) is 2.89. The Morgan fingerprint density at radius 2 is 1.93 bits per heavy atom. The average molecular weight is 186 g/mol. The van der Waals surface area contributed by atoms with Gasteiger partial charge in [0.05, 0.1) is 5.60 Å². The first kappa shape index (κ1) is 8.25. The lowest BCUT2D eigenvalue weighted by Gasteiger charge is -2.30. The first-order chi connectivity index (χ1) is 6.79. The Labute approximate surface area is 84.1 Å². The Bertz CT molecular complexity index is 368. The van der Waals surface area contributed by atoms with Crippen LogP contribution in [0.25, 0.3) is 0 Å². The minimum Gasteiger partial charge on any atom is -0.385 e. The molecule has 1 heteroatoms. The Morgan fingerprint density at radius 3 is 2.50 bits per heavy atom. The first-order valence-corrected chi connectivity index (χ1v) is 5.25. The van der Waals surface area contributed by atoms with Crippen LogP contribution in [0, 0.1) is 11.8 Å². The average Bonchev–Trinajstić information content (AvgIpc) is 2.79. The van der Waals surface area contributed by atoms with Crippen molar-refractivity contribution in [3.8, 4) is 0 Å². The van der Waals surface area contributed by atoms with Crippen molar-refractivity contribution >= 4 is 0 Å². The predicted molar refractivity (Wildman–Crippen MR) is 55.7 cm³/mol. The van der Waals surface area contributed by atoms with E-state index in [0.29, 0.717) is 11.8 Å². The normalized spacial score (nSPS) is 39.2. The molecule has 0 amide bonds. The molecule has 1 N–H and O–H groups in total. The van der Waals surface area contributed by atoms with E-state index >= 15 is 0 Å². The number of aliphatic hydroxyl groups is 1. The quantitative estimate of drug-likeness (QED) is 0.668. The van der Waals surface area contributed by atoms with Gasteiger partial charge in [0.15, 0.2) is 0 Å². The van der Waals surface area contributed by atoms with Gasteiger partial charge in [-0.05, 0) is 24.3 Å². The zero-order chi connectivity index (χ0) is 9.60. The van der Waals surface area contributed by atoms with Gasteiger partial charge in [0, 0.05) is 5.92 Å². The highest BCUT2D eigenvalue weighted by atomic mass is 16.3. The third-order valence-corrected chi connectivity index (χ3v) is 3.63. The van der Waals surface area contributed by atoms with E-state index in [1.807, 2.05) is 30.3 Å². The third-order valence-electron chi connectivity index (χ3n) is 3.63. The molecule has 0 aromatic heterocycles. The molecule has 72 valence electrons. The van der Waals surface area contributed by atoms with Crippen LogP contribution in [0.4, 0.5) is 0 Å². The van der Waals surface area contributed by atoms with Gasteiger partial charge in [-0.3, -0.25) is 0 Å². The summed E-state index contributed by atoms with van der Waals surface area (Å²) in [6.07, 6.45) is 6.47. The summed E-state index contributed by atoms with van der Waals surface area (Å²) in [5, 5.41) is 10.6. The van der Waals surface area contributed by atoms with Gasteiger partial charge in [-0.2, -0.15) is 0 Å². The smallest absolute Gasteiger partial charge is 0.0964 e. The van der Waals surface area contributed by atoms with Crippen LogP contribution in [-0.2, 0) is 5.60 Å². The van der Waals surface area contributed by atoms with Crippen molar-refractivity contribution in [2.45, 2.75) is 18.4 Å². The van der Waals surface area contributed by atoms with Crippen LogP contribution >= 0.6 is 0 Å². The molecule has 1 fully saturated rings. The summed E-state index contributed by atoms with van der Waals surface area (Å²) >= 11 is 0. The van der Waals surface area contributed by atoms with Gasteiger partial charge in [0.2, 0.25) is 0 Å². The Morgan fingerprint density at radius 1 is 1.14 bits per heavy atom. The molecule has 1 aromatic rings. The number of hydrogen-bond acceptors (Lipinski definition) is 1. The second kappa shape index (κ2) is 2.71. The SMILES string of the molecule is O[C@@]1(c2ccccc2)C[C@@H]2C=C[C@H]1C2. The van der Waals surface area contributed by atoms with Crippen LogP contribution in [0.3, 0.4) is 0 Å². The highest BCUT2D eigenvalue weighted by Crippen LogP contribution is 2.51. The van der Waals surface area contributed by atoms with E-state index in [4.69, 9.17) is 0 Å². The number of allylic oxidation sites excluding steroid dienone is 1. The molecule has 0 radical (unpaired) electrons. The maximum atomic E-state index is 10.6. The standard InChI is InChI=1S/C13H14O/c14-13(11-4-2-1-3-5-11)9-10-6-7-12(13)8-10/h1-7,10,12,14H,8-9H2/t10-,12+,13-/m1/s1. The molecule has 0 unspecified atom stereocenters. The fourth-order valence-electron chi connectivity index (χ4n) is 2.89. The molecular weight excluding hydrogens is 172 g/mol. The maximum absolute atomic E-state index is 10.6. The maximum Gasteiger partial charge on any atom is 0.0964 e. The van der Waals surface area contributed by atoms with Gasteiger partial charge in [0.1, 0.15) is 0 Å². The van der Waals surface area contributed by atoms with E-state index in [1.54, 1.807) is 0 Å². The Kier molecular flexibility index (Phi) is 1.59. The lowest BCUT2D eigenvalue weighted by molar-refractivity contribution is 0.0103. The topological polar surface area (TPSA) is 20.2 Å². The van der Waals surface area contributed by atoms with E-state index < -0.39 is 5.60 Å². The Hall–Kier alpha value is -1.08. The van der Waals surface area contributed by atoms with Crippen LogP contribution < -0.4 is 0 Å². The summed E-state index contributed by atoms with van der Waals surface area (Å²) in [6.45, 7) is 0. The minimum atomic E-state index is -0.583. The Balaban J connectivity index is 2.03. The van der Waals surface area contributed by atoms with Crippen LogP contribution in [0.1, 0.15) is 18.4 Å². The highest BCUT2D eigenvalue weighted by Gasteiger charge is 2.47. The van der Waals surface area contributed by atoms with Crippen molar-refractivity contribution in [2.24, 2.45) is 11.8 Å². The molecule has 0 saturated heterocycles. The van der Waals surface area contributed by atoms with Crippen molar-refractivity contribution in [3.63, 3.8) is 0 Å². The second-order valence-electron chi connectivity index (χ2n) is 4.48. The van der Waals surface area contributed by atoms with Crippen molar-refractivity contribution in [3.05, 3.63) is 48.0 Å². The highest BCUT2D eigenvalue weighted by molar-refractivity contribution is 5.30. The molecule has 3 atom stereocenters. The molecule has 3 rings (SSSR count). The van der Waals surface area contributed by atoms with E-state index in [0.717, 1.165) is 18.4 Å². The predicted octanol–water partition coefficient (Wildman–Crippen LogP) is 2.47. The van der Waals surface area contributed by atoms with Crippen LogP contribution in [0.5, 0.6) is 0 Å². The number of rotatable bonds is 1. The number of benzene rings is 1. The number of fused-ring (bicyclic) bond motifs is 2. The van der Waals surface area contributed by atoms with Crippen LogP contribution in [0.2, 0.25) is 0 Å².